The molecule has 1 heterocycles. The first-order valence-electron chi connectivity index (χ1n) is 7.20. The fourth-order valence-corrected chi connectivity index (χ4v) is 2.48. The molecule has 20 heavy (non-hydrogen) atoms. The number of nitrogens with one attached hydrogen (secondary N) is 1. The smallest absolute Gasteiger partial charge is 0.106 e. The number of hydrogen-bond donors (Lipinski definition) is 1. The highest BCUT2D eigenvalue weighted by Crippen LogP contribution is 2.23. The van der Waals surface area contributed by atoms with Gasteiger partial charge < -0.3 is 19.7 Å². The van der Waals surface area contributed by atoms with Crippen molar-refractivity contribution in [3.63, 3.8) is 0 Å². The van der Waals surface area contributed by atoms with Gasteiger partial charge in [0, 0.05) is 52.5 Å². The Balaban J connectivity index is 1.92. The van der Waals surface area contributed by atoms with Gasteiger partial charge in [0.05, 0.1) is 6.61 Å². The highest BCUT2D eigenvalue weighted by molar-refractivity contribution is 5.46. The summed E-state index contributed by atoms with van der Waals surface area (Å²) in [5.74, 6) is 0. The third-order valence-corrected chi connectivity index (χ3v) is 4.14. The van der Waals surface area contributed by atoms with Gasteiger partial charge in [-0.15, -0.1) is 0 Å². The molecule has 0 aliphatic carbocycles. The third kappa shape index (κ3) is 3.51. The standard InChI is InChI=1S/C16H26N2O2/c1-13(14-5-7-15(8-6-14)18(2)3)17-11-16(19-4)9-10-20-12-16/h5-8,13,17H,9-12H2,1-4H3. The molecule has 1 fully saturated rings. The van der Waals surface area contributed by atoms with E-state index >= 15 is 0 Å². The van der Waals surface area contributed by atoms with Crippen LogP contribution in [0, 0.1) is 0 Å². The molecule has 1 N–H and O–H groups in total. The molecule has 1 aliphatic rings. The molecule has 2 unspecified atom stereocenters. The molecule has 1 saturated heterocycles. The van der Waals surface area contributed by atoms with Crippen LogP contribution < -0.4 is 10.2 Å². The molecule has 2 rings (SSSR count). The van der Waals surface area contributed by atoms with Crippen molar-refractivity contribution in [2.45, 2.75) is 25.0 Å². The van der Waals surface area contributed by atoms with Gasteiger partial charge in [-0.2, -0.15) is 0 Å². The molecule has 0 spiro atoms. The Morgan fingerprint density at radius 1 is 1.35 bits per heavy atom. The van der Waals surface area contributed by atoms with Crippen LogP contribution in [0.1, 0.15) is 24.9 Å². The Morgan fingerprint density at radius 3 is 2.55 bits per heavy atom. The number of methoxy groups -OCH3 is 1. The summed E-state index contributed by atoms with van der Waals surface area (Å²) in [5.41, 5.74) is 2.36. The van der Waals surface area contributed by atoms with Crippen molar-refractivity contribution in [3.8, 4) is 0 Å². The molecule has 0 bridgehead atoms. The van der Waals surface area contributed by atoms with E-state index in [4.69, 9.17) is 9.47 Å². The van der Waals surface area contributed by atoms with Crippen molar-refractivity contribution in [1.29, 1.82) is 0 Å². The fraction of sp³-hybridized carbons (Fsp3) is 0.625. The molecule has 2 atom stereocenters. The second-order valence-corrected chi connectivity index (χ2v) is 5.78. The van der Waals surface area contributed by atoms with Gasteiger partial charge in [0.15, 0.2) is 0 Å². The van der Waals surface area contributed by atoms with Crippen LogP contribution in [0.3, 0.4) is 0 Å². The fourth-order valence-electron chi connectivity index (χ4n) is 2.48. The van der Waals surface area contributed by atoms with Gasteiger partial charge in [-0.3, -0.25) is 0 Å². The van der Waals surface area contributed by atoms with Crippen LogP contribution in [0.4, 0.5) is 5.69 Å². The van der Waals surface area contributed by atoms with E-state index in [-0.39, 0.29) is 5.60 Å². The Hall–Kier alpha value is -1.10. The van der Waals surface area contributed by atoms with Gasteiger partial charge >= 0.3 is 0 Å². The normalized spacial score (nSPS) is 23.8. The molecular weight excluding hydrogens is 252 g/mol. The Bertz CT molecular complexity index is 411. The van der Waals surface area contributed by atoms with E-state index in [2.05, 4.69) is 55.5 Å². The number of anilines is 1. The maximum Gasteiger partial charge on any atom is 0.106 e. The summed E-state index contributed by atoms with van der Waals surface area (Å²) < 4.78 is 11.1. The number of nitrogens with zero attached hydrogens (tertiary/aromatic N) is 1. The van der Waals surface area contributed by atoms with E-state index in [0.717, 1.165) is 19.6 Å². The van der Waals surface area contributed by atoms with Gasteiger partial charge in [-0.05, 0) is 24.6 Å². The van der Waals surface area contributed by atoms with Crippen LogP contribution in [-0.4, -0.2) is 46.6 Å². The molecule has 0 amide bonds. The largest absolute Gasteiger partial charge is 0.378 e. The molecule has 0 aromatic heterocycles. The van der Waals surface area contributed by atoms with Gasteiger partial charge in [0.2, 0.25) is 0 Å². The summed E-state index contributed by atoms with van der Waals surface area (Å²) in [6, 6.07) is 8.96. The van der Waals surface area contributed by atoms with Crippen molar-refractivity contribution in [2.75, 3.05) is 45.9 Å². The van der Waals surface area contributed by atoms with Gasteiger partial charge in [-0.25, -0.2) is 0 Å². The summed E-state index contributed by atoms with van der Waals surface area (Å²) in [6.45, 7) is 4.48. The number of benzene rings is 1. The first-order valence-corrected chi connectivity index (χ1v) is 7.20. The zero-order valence-corrected chi connectivity index (χ0v) is 13.0. The highest BCUT2D eigenvalue weighted by atomic mass is 16.5. The highest BCUT2D eigenvalue weighted by Gasteiger charge is 2.34. The summed E-state index contributed by atoms with van der Waals surface area (Å²) in [5, 5.41) is 3.56. The Morgan fingerprint density at radius 2 is 2.05 bits per heavy atom. The lowest BCUT2D eigenvalue weighted by atomic mass is 10.0. The Labute approximate surface area is 122 Å². The van der Waals surface area contributed by atoms with Crippen molar-refractivity contribution in [2.24, 2.45) is 0 Å². The number of ether oxygens (including phenoxy) is 2. The quantitative estimate of drug-likeness (QED) is 0.865. The lowest BCUT2D eigenvalue weighted by Crippen LogP contribution is -2.43. The average molecular weight is 278 g/mol. The van der Waals surface area contributed by atoms with E-state index < -0.39 is 0 Å². The summed E-state index contributed by atoms with van der Waals surface area (Å²) in [4.78, 5) is 2.11. The van der Waals surface area contributed by atoms with Crippen molar-refractivity contribution in [1.82, 2.24) is 5.32 Å². The molecule has 112 valence electrons. The topological polar surface area (TPSA) is 33.7 Å². The molecule has 1 aromatic rings. The molecule has 1 aromatic carbocycles. The van der Waals surface area contributed by atoms with Gasteiger partial charge in [0.25, 0.3) is 0 Å². The summed E-state index contributed by atoms with van der Waals surface area (Å²) in [7, 11) is 5.88. The number of hydrogen-bond acceptors (Lipinski definition) is 4. The summed E-state index contributed by atoms with van der Waals surface area (Å²) >= 11 is 0. The minimum absolute atomic E-state index is 0.155. The SMILES string of the molecule is COC1(CNC(C)c2ccc(N(C)C)cc2)CCOC1. The van der Waals surface area contributed by atoms with Crippen LogP contribution in [-0.2, 0) is 9.47 Å². The lowest BCUT2D eigenvalue weighted by Gasteiger charge is -2.28. The average Bonchev–Trinajstić information content (AvgIpc) is 2.94. The van der Waals surface area contributed by atoms with Crippen LogP contribution in [0.15, 0.2) is 24.3 Å². The minimum atomic E-state index is -0.155. The second-order valence-electron chi connectivity index (χ2n) is 5.78. The van der Waals surface area contributed by atoms with Crippen molar-refractivity contribution >= 4 is 5.69 Å². The van der Waals surface area contributed by atoms with Crippen LogP contribution >= 0.6 is 0 Å². The zero-order chi connectivity index (χ0) is 14.6. The Kier molecular flexibility index (Phi) is 5.02. The predicted molar refractivity (Wildman–Crippen MR) is 82.4 cm³/mol. The van der Waals surface area contributed by atoms with Crippen molar-refractivity contribution < 1.29 is 9.47 Å². The molecule has 1 aliphatic heterocycles. The van der Waals surface area contributed by atoms with Crippen molar-refractivity contribution in [3.05, 3.63) is 29.8 Å². The predicted octanol–water partition coefficient (Wildman–Crippen LogP) is 2.21. The van der Waals surface area contributed by atoms with E-state index in [1.165, 1.54) is 11.3 Å². The second kappa shape index (κ2) is 6.57. The zero-order valence-electron chi connectivity index (χ0n) is 13.0. The maximum atomic E-state index is 5.64. The monoisotopic (exact) mass is 278 g/mol. The summed E-state index contributed by atoms with van der Waals surface area (Å²) in [6.07, 6.45) is 0.961. The van der Waals surface area contributed by atoms with E-state index in [9.17, 15) is 0 Å². The van der Waals surface area contributed by atoms with Gasteiger partial charge in [-0.1, -0.05) is 12.1 Å². The molecular formula is C16H26N2O2. The number of rotatable bonds is 6. The first-order chi connectivity index (χ1) is 9.56. The van der Waals surface area contributed by atoms with Crippen LogP contribution in [0.5, 0.6) is 0 Å². The molecule has 4 nitrogen and oxygen atoms in total. The van der Waals surface area contributed by atoms with Crippen LogP contribution in [0.25, 0.3) is 0 Å². The molecule has 0 saturated carbocycles. The van der Waals surface area contributed by atoms with Crippen LogP contribution in [0.2, 0.25) is 0 Å². The minimum Gasteiger partial charge on any atom is -0.378 e. The van der Waals surface area contributed by atoms with E-state index in [1.807, 2.05) is 0 Å². The molecule has 0 radical (unpaired) electrons. The molecule has 4 heteroatoms. The van der Waals surface area contributed by atoms with E-state index in [1.54, 1.807) is 7.11 Å². The third-order valence-electron chi connectivity index (χ3n) is 4.14. The van der Waals surface area contributed by atoms with Gasteiger partial charge in [0.1, 0.15) is 5.60 Å². The maximum absolute atomic E-state index is 5.64. The first kappa shape index (κ1) is 15.3. The van der Waals surface area contributed by atoms with E-state index in [0.29, 0.717) is 12.6 Å². The lowest BCUT2D eigenvalue weighted by molar-refractivity contribution is -0.0172.